The number of halogens is 2. The molecular formula is C36H39ClFN3O5S. The lowest BCUT2D eigenvalue weighted by atomic mass is 10.0. The van der Waals surface area contributed by atoms with Crippen LogP contribution in [0.15, 0.2) is 108 Å². The van der Waals surface area contributed by atoms with Crippen LogP contribution >= 0.6 is 11.6 Å². The summed E-state index contributed by atoms with van der Waals surface area (Å²) in [5.74, 6) is -1.11. The Balaban J connectivity index is 1.80. The molecule has 0 aromatic heterocycles. The molecule has 0 radical (unpaired) electrons. The van der Waals surface area contributed by atoms with Crippen molar-refractivity contribution < 1.29 is 27.1 Å². The van der Waals surface area contributed by atoms with Gasteiger partial charge in [0.05, 0.1) is 17.2 Å². The third-order valence-corrected chi connectivity index (χ3v) is 9.19. The number of benzene rings is 4. The number of amides is 2. The van der Waals surface area contributed by atoms with Gasteiger partial charge in [-0.3, -0.25) is 13.9 Å². The van der Waals surface area contributed by atoms with E-state index in [0.29, 0.717) is 22.9 Å². The molecule has 1 unspecified atom stereocenters. The van der Waals surface area contributed by atoms with Crippen LogP contribution in [0.1, 0.15) is 38.8 Å². The second-order valence-electron chi connectivity index (χ2n) is 12.0. The normalized spacial score (nSPS) is 12.2. The Labute approximate surface area is 281 Å². The van der Waals surface area contributed by atoms with Crippen molar-refractivity contribution in [2.75, 3.05) is 17.5 Å². The van der Waals surface area contributed by atoms with Crippen LogP contribution in [0.2, 0.25) is 5.02 Å². The average molecular weight is 680 g/mol. The molecule has 4 aromatic carbocycles. The van der Waals surface area contributed by atoms with Gasteiger partial charge in [-0.2, -0.15) is 0 Å². The summed E-state index contributed by atoms with van der Waals surface area (Å²) in [5.41, 5.74) is 0.969. The maximum Gasteiger partial charge on any atom is 0.264 e. The Kier molecular flexibility index (Phi) is 11.7. The van der Waals surface area contributed by atoms with Crippen LogP contribution in [-0.4, -0.2) is 49.9 Å². The molecule has 8 nitrogen and oxygen atoms in total. The van der Waals surface area contributed by atoms with Gasteiger partial charge in [0, 0.05) is 23.5 Å². The van der Waals surface area contributed by atoms with E-state index in [9.17, 15) is 22.4 Å². The molecule has 2 amide bonds. The van der Waals surface area contributed by atoms with Gasteiger partial charge in [-0.05, 0) is 99.5 Å². The van der Waals surface area contributed by atoms with E-state index < -0.39 is 45.8 Å². The van der Waals surface area contributed by atoms with E-state index >= 15 is 0 Å². The van der Waals surface area contributed by atoms with Crippen LogP contribution < -0.4 is 14.4 Å². The SMILES string of the molecule is CCOc1ccc(S(=O)(=O)N(CC(=O)N(Cc2ccc(Cl)cc2)C(Cc2ccccc2)C(=O)NC(C)(C)C)c2ccc(F)cc2)cc1. The first-order valence-electron chi connectivity index (χ1n) is 15.2. The van der Waals surface area contributed by atoms with Crippen molar-refractivity contribution >= 4 is 39.1 Å². The maximum atomic E-state index is 14.5. The number of hydrogen-bond donors (Lipinski definition) is 1. The largest absolute Gasteiger partial charge is 0.494 e. The van der Waals surface area contributed by atoms with Gasteiger partial charge in [0.25, 0.3) is 10.0 Å². The second-order valence-corrected chi connectivity index (χ2v) is 14.3. The molecule has 1 atom stereocenters. The lowest BCUT2D eigenvalue weighted by molar-refractivity contribution is -0.140. The molecule has 0 saturated heterocycles. The molecule has 4 rings (SSSR count). The summed E-state index contributed by atoms with van der Waals surface area (Å²) in [6, 6.07) is 25.8. The van der Waals surface area contributed by atoms with Crippen molar-refractivity contribution in [3.8, 4) is 5.75 Å². The lowest BCUT2D eigenvalue weighted by Gasteiger charge is -2.35. The topological polar surface area (TPSA) is 96.0 Å². The highest BCUT2D eigenvalue weighted by Gasteiger charge is 2.35. The Morgan fingerprint density at radius 2 is 1.49 bits per heavy atom. The van der Waals surface area contributed by atoms with Crippen molar-refractivity contribution in [3.63, 3.8) is 0 Å². The highest BCUT2D eigenvalue weighted by Crippen LogP contribution is 2.27. The molecule has 1 N–H and O–H groups in total. The van der Waals surface area contributed by atoms with E-state index in [0.717, 1.165) is 22.0 Å². The quantitative estimate of drug-likeness (QED) is 0.171. The number of nitrogens with zero attached hydrogens (tertiary/aromatic N) is 2. The summed E-state index contributed by atoms with van der Waals surface area (Å²) >= 11 is 6.13. The van der Waals surface area contributed by atoms with Gasteiger partial charge in [-0.15, -0.1) is 0 Å². The van der Waals surface area contributed by atoms with Gasteiger partial charge in [-0.25, -0.2) is 12.8 Å². The minimum Gasteiger partial charge on any atom is -0.494 e. The third-order valence-electron chi connectivity index (χ3n) is 7.15. The Morgan fingerprint density at radius 3 is 2.06 bits per heavy atom. The highest BCUT2D eigenvalue weighted by molar-refractivity contribution is 7.92. The zero-order valence-corrected chi connectivity index (χ0v) is 28.4. The first-order chi connectivity index (χ1) is 22.3. The van der Waals surface area contributed by atoms with E-state index in [-0.39, 0.29) is 23.5 Å². The number of hydrogen-bond acceptors (Lipinski definition) is 5. The second kappa shape index (κ2) is 15.5. The molecule has 4 aromatic rings. The summed E-state index contributed by atoms with van der Waals surface area (Å²) < 4.78 is 48.7. The molecule has 0 bridgehead atoms. The molecule has 0 saturated carbocycles. The van der Waals surface area contributed by atoms with Crippen LogP contribution in [0.5, 0.6) is 5.75 Å². The van der Waals surface area contributed by atoms with Crippen molar-refractivity contribution in [1.82, 2.24) is 10.2 Å². The molecule has 0 aliphatic heterocycles. The molecule has 0 spiro atoms. The van der Waals surface area contributed by atoms with Crippen molar-refractivity contribution in [2.45, 2.75) is 57.1 Å². The molecule has 0 aliphatic rings. The summed E-state index contributed by atoms with van der Waals surface area (Å²) in [6.45, 7) is 7.07. The zero-order valence-electron chi connectivity index (χ0n) is 26.8. The Bertz CT molecular complexity index is 1750. The average Bonchev–Trinajstić information content (AvgIpc) is 3.03. The van der Waals surface area contributed by atoms with E-state index in [1.807, 2.05) is 58.0 Å². The zero-order chi connectivity index (χ0) is 34.2. The van der Waals surface area contributed by atoms with Crippen molar-refractivity contribution in [1.29, 1.82) is 0 Å². The number of carbonyl (C=O) groups excluding carboxylic acids is 2. The molecule has 11 heteroatoms. The van der Waals surface area contributed by atoms with Crippen LogP contribution in [0.4, 0.5) is 10.1 Å². The summed E-state index contributed by atoms with van der Waals surface area (Å²) in [7, 11) is -4.35. The maximum absolute atomic E-state index is 14.5. The Morgan fingerprint density at radius 1 is 0.872 bits per heavy atom. The minimum atomic E-state index is -4.35. The van der Waals surface area contributed by atoms with Crippen LogP contribution in [0, 0.1) is 5.82 Å². The van der Waals surface area contributed by atoms with E-state index in [1.165, 1.54) is 41.3 Å². The number of carbonyl (C=O) groups is 2. The van der Waals surface area contributed by atoms with Gasteiger partial charge in [0.2, 0.25) is 11.8 Å². The van der Waals surface area contributed by atoms with E-state index in [1.54, 1.807) is 24.3 Å². The number of nitrogens with one attached hydrogen (secondary N) is 1. The lowest BCUT2D eigenvalue weighted by Crippen LogP contribution is -2.56. The van der Waals surface area contributed by atoms with Crippen molar-refractivity contribution in [2.24, 2.45) is 0 Å². The fourth-order valence-electron chi connectivity index (χ4n) is 4.93. The summed E-state index contributed by atoms with van der Waals surface area (Å²) in [6.07, 6.45) is 0.171. The fraction of sp³-hybridized carbons (Fsp3) is 0.278. The summed E-state index contributed by atoms with van der Waals surface area (Å²) in [4.78, 5) is 29.7. The predicted molar refractivity (Wildman–Crippen MR) is 182 cm³/mol. The van der Waals surface area contributed by atoms with E-state index in [2.05, 4.69) is 5.32 Å². The smallest absolute Gasteiger partial charge is 0.264 e. The van der Waals surface area contributed by atoms with Gasteiger partial charge in [0.1, 0.15) is 24.2 Å². The number of sulfonamides is 1. The standard InChI is InChI=1S/C36H39ClFN3O5S/c1-5-46-31-19-21-32(22-20-31)47(44,45)41(30-17-15-29(38)16-18-30)25-34(42)40(24-27-11-13-28(37)14-12-27)33(35(43)39-36(2,3)4)23-26-9-7-6-8-10-26/h6-22,33H,5,23-25H2,1-4H3,(H,39,43). The van der Waals surface area contributed by atoms with Crippen LogP contribution in [0.25, 0.3) is 0 Å². The molecule has 0 fully saturated rings. The van der Waals surface area contributed by atoms with Crippen LogP contribution in [0.3, 0.4) is 0 Å². The summed E-state index contributed by atoms with van der Waals surface area (Å²) in [5, 5.41) is 3.50. The third kappa shape index (κ3) is 9.79. The predicted octanol–water partition coefficient (Wildman–Crippen LogP) is 6.63. The number of rotatable bonds is 13. The molecule has 0 aliphatic carbocycles. The molecule has 248 valence electrons. The minimum absolute atomic E-state index is 0.00851. The fourth-order valence-corrected chi connectivity index (χ4v) is 6.47. The first-order valence-corrected chi connectivity index (χ1v) is 17.0. The highest BCUT2D eigenvalue weighted by atomic mass is 35.5. The van der Waals surface area contributed by atoms with Crippen molar-refractivity contribution in [3.05, 3.63) is 125 Å². The molecule has 47 heavy (non-hydrogen) atoms. The molecular weight excluding hydrogens is 641 g/mol. The number of ether oxygens (including phenoxy) is 1. The van der Waals surface area contributed by atoms with Gasteiger partial charge >= 0.3 is 0 Å². The molecule has 0 heterocycles. The number of anilines is 1. The van der Waals surface area contributed by atoms with Gasteiger partial charge in [-0.1, -0.05) is 54.1 Å². The Hall–Kier alpha value is -4.41. The van der Waals surface area contributed by atoms with Gasteiger partial charge < -0.3 is 15.0 Å². The monoisotopic (exact) mass is 679 g/mol. The first kappa shape index (κ1) is 35.4. The van der Waals surface area contributed by atoms with Gasteiger partial charge in [0.15, 0.2) is 0 Å². The van der Waals surface area contributed by atoms with Crippen LogP contribution in [-0.2, 0) is 32.6 Å². The van der Waals surface area contributed by atoms with E-state index in [4.69, 9.17) is 16.3 Å².